The van der Waals surface area contributed by atoms with Gasteiger partial charge in [0.2, 0.25) is 0 Å². The lowest BCUT2D eigenvalue weighted by atomic mass is 10.1. The van der Waals surface area contributed by atoms with Crippen molar-refractivity contribution in [2.75, 3.05) is 0 Å². The highest BCUT2D eigenvalue weighted by Gasteiger charge is 2.14. The Hall–Kier alpha value is -4.30. The van der Waals surface area contributed by atoms with Crippen molar-refractivity contribution >= 4 is 22.8 Å². The Balaban J connectivity index is 1.45. The van der Waals surface area contributed by atoms with Gasteiger partial charge in [0, 0.05) is 6.54 Å². The van der Waals surface area contributed by atoms with Gasteiger partial charge in [0.1, 0.15) is 0 Å². The van der Waals surface area contributed by atoms with Gasteiger partial charge in [0.05, 0.1) is 29.7 Å². The zero-order valence-corrected chi connectivity index (χ0v) is 19.2. The second kappa shape index (κ2) is 10.8. The number of nitrogens with zero attached hydrogens (tertiary/aromatic N) is 1. The number of carbonyl (C=O) groups excluding carboxylic acids is 1. The number of hydrogen-bond donors (Lipinski definition) is 3. The van der Waals surface area contributed by atoms with E-state index in [1.54, 1.807) is 30.3 Å². The quantitative estimate of drug-likeness (QED) is 0.341. The zero-order chi connectivity index (χ0) is 24.8. The van der Waals surface area contributed by atoms with Crippen LogP contribution in [0.5, 0.6) is 0 Å². The number of aromatic amines is 1. The number of benzene rings is 3. The normalized spacial score (nSPS) is 10.9. The molecule has 0 atom stereocenters. The predicted octanol–water partition coefficient (Wildman–Crippen LogP) is 3.83. The largest absolute Gasteiger partial charge is 0.478 e. The molecule has 0 aliphatic carbocycles. The summed E-state index contributed by atoms with van der Waals surface area (Å²) in [5.41, 5.74) is 3.79. The van der Waals surface area contributed by atoms with Crippen LogP contribution in [-0.4, -0.2) is 27.0 Å². The highest BCUT2D eigenvalue weighted by Crippen LogP contribution is 2.16. The zero-order valence-electron chi connectivity index (χ0n) is 19.2. The van der Waals surface area contributed by atoms with E-state index in [1.165, 1.54) is 17.7 Å². The SMILES string of the molecule is CCc1cccc(CNC(=O)c2nc3cccc(COCc4ccc(C(=O)O)cc4)c3c(=O)[nH]2)c1. The van der Waals surface area contributed by atoms with Gasteiger partial charge in [-0.2, -0.15) is 0 Å². The van der Waals surface area contributed by atoms with E-state index < -0.39 is 17.4 Å². The van der Waals surface area contributed by atoms with Crippen LogP contribution in [0.3, 0.4) is 0 Å². The van der Waals surface area contributed by atoms with Gasteiger partial charge >= 0.3 is 5.97 Å². The highest BCUT2D eigenvalue weighted by atomic mass is 16.5. The molecule has 0 saturated carbocycles. The van der Waals surface area contributed by atoms with E-state index in [0.29, 0.717) is 23.0 Å². The van der Waals surface area contributed by atoms with E-state index >= 15 is 0 Å². The minimum Gasteiger partial charge on any atom is -0.478 e. The number of carboxylic acid groups (broad SMARTS) is 1. The summed E-state index contributed by atoms with van der Waals surface area (Å²) in [4.78, 5) is 43.4. The van der Waals surface area contributed by atoms with Gasteiger partial charge in [-0.15, -0.1) is 0 Å². The maximum absolute atomic E-state index is 12.8. The molecule has 0 saturated heterocycles. The fourth-order valence-corrected chi connectivity index (χ4v) is 3.74. The molecule has 0 aliphatic rings. The Labute approximate surface area is 201 Å². The summed E-state index contributed by atoms with van der Waals surface area (Å²) in [6.07, 6.45) is 0.907. The molecule has 1 heterocycles. The number of aromatic nitrogens is 2. The molecule has 35 heavy (non-hydrogen) atoms. The van der Waals surface area contributed by atoms with E-state index in [4.69, 9.17) is 9.84 Å². The summed E-state index contributed by atoms with van der Waals surface area (Å²) in [7, 11) is 0. The van der Waals surface area contributed by atoms with E-state index in [0.717, 1.165) is 17.5 Å². The van der Waals surface area contributed by atoms with Crippen LogP contribution in [0.25, 0.3) is 10.9 Å². The maximum atomic E-state index is 12.8. The van der Waals surface area contributed by atoms with Crippen molar-refractivity contribution in [3.05, 3.63) is 111 Å². The first-order chi connectivity index (χ1) is 16.9. The molecule has 1 amide bonds. The first-order valence-corrected chi connectivity index (χ1v) is 11.2. The second-order valence-corrected chi connectivity index (χ2v) is 8.08. The Morgan fingerprint density at radius 2 is 1.71 bits per heavy atom. The molecule has 8 nitrogen and oxygen atoms in total. The monoisotopic (exact) mass is 471 g/mol. The minimum absolute atomic E-state index is 0.0502. The van der Waals surface area contributed by atoms with Crippen LogP contribution >= 0.6 is 0 Å². The average Bonchev–Trinajstić information content (AvgIpc) is 2.87. The number of ether oxygens (including phenoxy) is 1. The molecular formula is C27H25N3O5. The topological polar surface area (TPSA) is 121 Å². The summed E-state index contributed by atoms with van der Waals surface area (Å²) < 4.78 is 5.75. The number of nitrogens with one attached hydrogen (secondary N) is 2. The van der Waals surface area contributed by atoms with Crippen LogP contribution < -0.4 is 10.9 Å². The maximum Gasteiger partial charge on any atom is 0.335 e. The number of carbonyl (C=O) groups is 2. The molecule has 0 radical (unpaired) electrons. The third-order valence-corrected chi connectivity index (χ3v) is 5.61. The molecule has 178 valence electrons. The highest BCUT2D eigenvalue weighted by molar-refractivity contribution is 5.93. The summed E-state index contributed by atoms with van der Waals surface area (Å²) in [5, 5.41) is 12.2. The number of rotatable bonds is 9. The third kappa shape index (κ3) is 5.80. The Kier molecular flexibility index (Phi) is 7.32. The van der Waals surface area contributed by atoms with Gasteiger partial charge in [-0.3, -0.25) is 9.59 Å². The molecule has 8 heteroatoms. The Morgan fingerprint density at radius 1 is 0.971 bits per heavy atom. The van der Waals surface area contributed by atoms with E-state index in [1.807, 2.05) is 24.3 Å². The number of H-pyrrole nitrogens is 1. The predicted molar refractivity (Wildman–Crippen MR) is 131 cm³/mol. The van der Waals surface area contributed by atoms with Crippen LogP contribution in [0.15, 0.2) is 71.5 Å². The Bertz CT molecular complexity index is 1430. The molecular weight excluding hydrogens is 446 g/mol. The summed E-state index contributed by atoms with van der Waals surface area (Å²) in [5.74, 6) is -1.50. The van der Waals surface area contributed by atoms with Gasteiger partial charge < -0.3 is 20.1 Å². The molecule has 3 N–H and O–H groups in total. The molecule has 0 bridgehead atoms. The van der Waals surface area contributed by atoms with Gasteiger partial charge in [-0.1, -0.05) is 55.5 Å². The van der Waals surface area contributed by atoms with Crippen molar-refractivity contribution in [3.63, 3.8) is 0 Å². The average molecular weight is 472 g/mol. The molecule has 0 fully saturated rings. The van der Waals surface area contributed by atoms with Crippen molar-refractivity contribution in [2.24, 2.45) is 0 Å². The minimum atomic E-state index is -0.987. The summed E-state index contributed by atoms with van der Waals surface area (Å²) in [6, 6.07) is 19.6. The van der Waals surface area contributed by atoms with E-state index in [9.17, 15) is 14.4 Å². The molecule has 1 aromatic heterocycles. The first-order valence-electron chi connectivity index (χ1n) is 11.2. The van der Waals surface area contributed by atoms with Crippen molar-refractivity contribution in [2.45, 2.75) is 33.1 Å². The number of carboxylic acids is 1. The fraction of sp³-hybridized carbons (Fsp3) is 0.185. The van der Waals surface area contributed by atoms with Crippen LogP contribution in [0.1, 0.15) is 50.2 Å². The number of aromatic carboxylic acids is 1. The number of hydrogen-bond acceptors (Lipinski definition) is 5. The van der Waals surface area contributed by atoms with Gasteiger partial charge in [-0.25, -0.2) is 9.78 Å². The first kappa shape index (κ1) is 23.8. The van der Waals surface area contributed by atoms with Crippen LogP contribution in [0.4, 0.5) is 0 Å². The summed E-state index contributed by atoms with van der Waals surface area (Å²) >= 11 is 0. The van der Waals surface area contributed by atoms with E-state index in [2.05, 4.69) is 22.2 Å². The number of amides is 1. The number of fused-ring (bicyclic) bond motifs is 1. The van der Waals surface area contributed by atoms with Crippen LogP contribution in [-0.2, 0) is 30.9 Å². The van der Waals surface area contributed by atoms with Gasteiger partial charge in [0.15, 0.2) is 5.82 Å². The number of aryl methyl sites for hydroxylation is 1. The van der Waals surface area contributed by atoms with Crippen LogP contribution in [0, 0.1) is 0 Å². The van der Waals surface area contributed by atoms with Gasteiger partial charge in [0.25, 0.3) is 11.5 Å². The molecule has 3 aromatic carbocycles. The second-order valence-electron chi connectivity index (χ2n) is 8.08. The molecule has 0 aliphatic heterocycles. The van der Waals surface area contributed by atoms with Crippen molar-refractivity contribution in [1.29, 1.82) is 0 Å². The Morgan fingerprint density at radius 3 is 2.46 bits per heavy atom. The molecule has 4 rings (SSSR count). The van der Waals surface area contributed by atoms with E-state index in [-0.39, 0.29) is 24.6 Å². The molecule has 4 aromatic rings. The lowest BCUT2D eigenvalue weighted by Gasteiger charge is -2.09. The lowest BCUT2D eigenvalue weighted by molar-refractivity contribution is 0.0696. The molecule has 0 unspecified atom stereocenters. The third-order valence-electron chi connectivity index (χ3n) is 5.61. The fourth-order valence-electron chi connectivity index (χ4n) is 3.74. The lowest BCUT2D eigenvalue weighted by Crippen LogP contribution is -2.27. The van der Waals surface area contributed by atoms with Gasteiger partial charge in [-0.05, 0) is 46.9 Å². The smallest absolute Gasteiger partial charge is 0.335 e. The molecule has 0 spiro atoms. The standard InChI is InChI=1S/C27H25N3O5/c1-2-17-5-3-6-19(13-17)14-28-26(32)24-29-22-8-4-7-21(23(22)25(31)30-24)16-35-15-18-9-11-20(12-10-18)27(33)34/h3-13H,2,14-16H2,1H3,(H,28,32)(H,33,34)(H,29,30,31). The van der Waals surface area contributed by atoms with Crippen molar-refractivity contribution in [3.8, 4) is 0 Å². The van der Waals surface area contributed by atoms with Crippen molar-refractivity contribution in [1.82, 2.24) is 15.3 Å². The summed E-state index contributed by atoms with van der Waals surface area (Å²) in [6.45, 7) is 2.80. The van der Waals surface area contributed by atoms with Crippen LogP contribution in [0.2, 0.25) is 0 Å². The van der Waals surface area contributed by atoms with Crippen molar-refractivity contribution < 1.29 is 19.4 Å².